The first kappa shape index (κ1) is 70.6. The van der Waals surface area contributed by atoms with Gasteiger partial charge in [0.1, 0.15) is 0 Å². The van der Waals surface area contributed by atoms with Crippen molar-refractivity contribution < 1.29 is 24.5 Å². The van der Waals surface area contributed by atoms with Crippen molar-refractivity contribution in [3.8, 4) is 0 Å². The van der Waals surface area contributed by atoms with Gasteiger partial charge in [0.25, 0.3) is 0 Å². The number of allylic oxidation sites excluding steroid dienone is 2. The molecule has 1 amide bonds. The number of carbonyl (C=O) groups excluding carboxylic acids is 2. The van der Waals surface area contributed by atoms with Gasteiger partial charge < -0.3 is 20.3 Å². The second kappa shape index (κ2) is 62.1. The van der Waals surface area contributed by atoms with Gasteiger partial charge in [-0.1, -0.05) is 321 Å². The predicted molar refractivity (Wildman–Crippen MR) is 315 cm³/mol. The number of unbranched alkanes of at least 4 members (excludes halogenated alkanes) is 49. The molecule has 0 aromatic heterocycles. The molecule has 3 N–H and O–H groups in total. The molecule has 0 aromatic carbocycles. The van der Waals surface area contributed by atoms with Crippen LogP contribution in [0.5, 0.6) is 0 Å². The summed E-state index contributed by atoms with van der Waals surface area (Å²) >= 11 is 0. The fraction of sp³-hybridized carbons (Fsp3) is 0.939. The number of ether oxygens (including phenoxy) is 1. The molecule has 0 bridgehead atoms. The van der Waals surface area contributed by atoms with Crippen LogP contribution < -0.4 is 5.32 Å². The van der Waals surface area contributed by atoms with Crippen LogP contribution in [-0.4, -0.2) is 47.4 Å². The maximum atomic E-state index is 12.5. The zero-order valence-corrected chi connectivity index (χ0v) is 48.9. The van der Waals surface area contributed by atoms with Gasteiger partial charge in [0.15, 0.2) is 0 Å². The molecule has 0 aliphatic rings. The van der Waals surface area contributed by atoms with Crippen LogP contribution in [0.2, 0.25) is 0 Å². The van der Waals surface area contributed by atoms with Crippen LogP contribution in [0.1, 0.15) is 373 Å². The van der Waals surface area contributed by atoms with Gasteiger partial charge in [0.2, 0.25) is 5.91 Å². The highest BCUT2D eigenvalue weighted by atomic mass is 16.5. The summed E-state index contributed by atoms with van der Waals surface area (Å²) < 4.78 is 5.47. The van der Waals surface area contributed by atoms with E-state index >= 15 is 0 Å². The van der Waals surface area contributed by atoms with Gasteiger partial charge >= 0.3 is 5.97 Å². The summed E-state index contributed by atoms with van der Waals surface area (Å²) in [4.78, 5) is 24.6. The van der Waals surface area contributed by atoms with Gasteiger partial charge in [-0.2, -0.15) is 0 Å². The maximum Gasteiger partial charge on any atom is 0.305 e. The lowest BCUT2D eigenvalue weighted by atomic mass is 10.0. The van der Waals surface area contributed by atoms with E-state index in [1.807, 2.05) is 0 Å². The Hall–Kier alpha value is -1.40. The van der Waals surface area contributed by atoms with Gasteiger partial charge in [-0.15, -0.1) is 0 Å². The highest BCUT2D eigenvalue weighted by molar-refractivity contribution is 5.76. The van der Waals surface area contributed by atoms with Crippen LogP contribution in [0, 0.1) is 0 Å². The van der Waals surface area contributed by atoms with E-state index in [2.05, 4.69) is 31.3 Å². The van der Waals surface area contributed by atoms with Crippen molar-refractivity contribution in [3.63, 3.8) is 0 Å². The zero-order valence-electron chi connectivity index (χ0n) is 48.9. The maximum absolute atomic E-state index is 12.5. The van der Waals surface area contributed by atoms with Gasteiger partial charge in [-0.3, -0.25) is 9.59 Å². The SMILES string of the molecule is CCCCC/C=C\CCCCCCCC(=O)OCCCCCCCCCCCCCCCCCCCCCCC(=O)NC(CO)C(O)CCCCCCCCCCCCCCCCCCCCCCCCC. The quantitative estimate of drug-likeness (QED) is 0.0320. The average molecular weight is 1020 g/mol. The molecule has 0 spiro atoms. The molecular weight excluding hydrogens is 887 g/mol. The van der Waals surface area contributed by atoms with Crippen molar-refractivity contribution in [1.29, 1.82) is 0 Å². The molecular formula is C66H129NO5. The van der Waals surface area contributed by atoms with Crippen molar-refractivity contribution in [2.75, 3.05) is 13.2 Å². The number of carbonyl (C=O) groups is 2. The summed E-state index contributed by atoms with van der Waals surface area (Å²) in [5.74, 6) is -0.0307. The zero-order chi connectivity index (χ0) is 52.2. The largest absolute Gasteiger partial charge is 0.466 e. The van der Waals surface area contributed by atoms with Crippen molar-refractivity contribution in [2.24, 2.45) is 0 Å². The minimum Gasteiger partial charge on any atom is -0.466 e. The van der Waals surface area contributed by atoms with Crippen molar-refractivity contribution in [1.82, 2.24) is 5.32 Å². The second-order valence-electron chi connectivity index (χ2n) is 22.8. The van der Waals surface area contributed by atoms with Crippen LogP contribution in [0.3, 0.4) is 0 Å². The lowest BCUT2D eigenvalue weighted by Crippen LogP contribution is -2.45. The summed E-state index contributed by atoms with van der Waals surface area (Å²) in [6, 6.07) is -0.543. The first-order valence-corrected chi connectivity index (χ1v) is 32.9. The van der Waals surface area contributed by atoms with Crippen LogP contribution in [0.4, 0.5) is 0 Å². The molecule has 6 heteroatoms. The fourth-order valence-corrected chi connectivity index (χ4v) is 10.5. The molecule has 428 valence electrons. The summed E-state index contributed by atoms with van der Waals surface area (Å²) in [7, 11) is 0. The van der Waals surface area contributed by atoms with E-state index in [1.54, 1.807) is 0 Å². The minimum atomic E-state index is -0.666. The number of rotatable bonds is 62. The standard InChI is InChI=1S/C66H129NO5/c1-3-5-7-9-11-13-15-17-18-19-20-21-22-23-26-29-32-35-38-42-46-50-54-58-64(69)63(62-68)67-65(70)59-55-51-47-43-39-36-33-30-27-24-25-28-31-34-37-41-45-49-53-57-61-72-66(71)60-56-52-48-44-40-16-14-12-10-8-6-4-2/h12,14,63-64,68-69H,3-11,13,15-62H2,1-2H3,(H,67,70)/b14-12-. The molecule has 0 saturated heterocycles. The summed E-state index contributed by atoms with van der Waals surface area (Å²) in [6.45, 7) is 4.96. The number of nitrogens with one attached hydrogen (secondary N) is 1. The van der Waals surface area contributed by atoms with Crippen molar-refractivity contribution >= 4 is 11.9 Å². The van der Waals surface area contributed by atoms with Crippen LogP contribution >= 0.6 is 0 Å². The van der Waals surface area contributed by atoms with E-state index in [4.69, 9.17) is 4.74 Å². The summed E-state index contributed by atoms with van der Waals surface area (Å²) in [6.07, 6.45) is 75.2. The Bertz CT molecular complexity index is 1080. The smallest absolute Gasteiger partial charge is 0.305 e. The highest BCUT2D eigenvalue weighted by Gasteiger charge is 2.20. The minimum absolute atomic E-state index is 0.00159. The second-order valence-corrected chi connectivity index (χ2v) is 22.8. The van der Waals surface area contributed by atoms with Crippen LogP contribution in [-0.2, 0) is 14.3 Å². The molecule has 72 heavy (non-hydrogen) atoms. The lowest BCUT2D eigenvalue weighted by Gasteiger charge is -2.22. The fourth-order valence-electron chi connectivity index (χ4n) is 10.5. The van der Waals surface area contributed by atoms with Crippen molar-refractivity contribution in [3.05, 3.63) is 12.2 Å². The molecule has 6 nitrogen and oxygen atoms in total. The number of esters is 1. The van der Waals surface area contributed by atoms with E-state index in [0.29, 0.717) is 25.9 Å². The van der Waals surface area contributed by atoms with Crippen LogP contribution in [0.25, 0.3) is 0 Å². The predicted octanol–water partition coefficient (Wildman–Crippen LogP) is 20.8. The van der Waals surface area contributed by atoms with E-state index in [9.17, 15) is 19.8 Å². The first-order chi connectivity index (χ1) is 35.5. The highest BCUT2D eigenvalue weighted by Crippen LogP contribution is 2.19. The third kappa shape index (κ3) is 57.9. The van der Waals surface area contributed by atoms with E-state index in [-0.39, 0.29) is 18.5 Å². The van der Waals surface area contributed by atoms with E-state index in [0.717, 1.165) is 44.9 Å². The summed E-state index contributed by atoms with van der Waals surface area (Å²) in [5, 5.41) is 23.4. The van der Waals surface area contributed by atoms with Gasteiger partial charge in [-0.25, -0.2) is 0 Å². The third-order valence-corrected chi connectivity index (χ3v) is 15.6. The molecule has 0 rings (SSSR count). The van der Waals surface area contributed by atoms with Gasteiger partial charge in [0.05, 0.1) is 25.4 Å². The Balaban J connectivity index is 3.39. The molecule has 0 aliphatic heterocycles. The topological polar surface area (TPSA) is 95.9 Å². The molecule has 0 aliphatic carbocycles. The third-order valence-electron chi connectivity index (χ3n) is 15.6. The number of hydrogen-bond acceptors (Lipinski definition) is 5. The molecule has 0 heterocycles. The normalized spacial score (nSPS) is 12.6. The Morgan fingerprint density at radius 1 is 0.375 bits per heavy atom. The first-order valence-electron chi connectivity index (χ1n) is 32.9. The monoisotopic (exact) mass is 1020 g/mol. The van der Waals surface area contributed by atoms with Gasteiger partial charge in [-0.05, 0) is 51.4 Å². The molecule has 2 unspecified atom stereocenters. The lowest BCUT2D eigenvalue weighted by molar-refractivity contribution is -0.143. The summed E-state index contributed by atoms with van der Waals surface area (Å²) in [5.41, 5.74) is 0. The number of amides is 1. The molecule has 0 aromatic rings. The number of aliphatic hydroxyl groups excluding tert-OH is 2. The van der Waals surface area contributed by atoms with Gasteiger partial charge in [0, 0.05) is 12.8 Å². The Morgan fingerprint density at radius 3 is 1.01 bits per heavy atom. The Kier molecular flexibility index (Phi) is 60.9. The molecule has 2 atom stereocenters. The van der Waals surface area contributed by atoms with E-state index in [1.165, 1.54) is 295 Å². The van der Waals surface area contributed by atoms with Crippen LogP contribution in [0.15, 0.2) is 12.2 Å². The number of aliphatic hydroxyl groups is 2. The molecule has 0 saturated carbocycles. The number of hydrogen-bond donors (Lipinski definition) is 3. The Morgan fingerprint density at radius 2 is 0.653 bits per heavy atom. The van der Waals surface area contributed by atoms with Crippen molar-refractivity contribution in [2.45, 2.75) is 386 Å². The average Bonchev–Trinajstić information content (AvgIpc) is 3.38. The molecule has 0 fully saturated rings. The van der Waals surface area contributed by atoms with E-state index < -0.39 is 12.1 Å². The molecule has 0 radical (unpaired) electrons. The Labute approximate surface area is 450 Å².